The van der Waals surface area contributed by atoms with Gasteiger partial charge < -0.3 is 11.1 Å². The van der Waals surface area contributed by atoms with Gasteiger partial charge in [0, 0.05) is 18.5 Å². The molecule has 130 valence electrons. The Kier molecular flexibility index (Phi) is 4.58. The average Bonchev–Trinajstić information content (AvgIpc) is 2.59. The van der Waals surface area contributed by atoms with E-state index in [1.165, 1.54) is 0 Å². The van der Waals surface area contributed by atoms with Crippen LogP contribution in [0.3, 0.4) is 0 Å². The van der Waals surface area contributed by atoms with Crippen LogP contribution in [0.15, 0.2) is 36.4 Å². The highest BCUT2D eigenvalue weighted by Gasteiger charge is 2.38. The summed E-state index contributed by atoms with van der Waals surface area (Å²) in [5.41, 5.74) is 6.59. The number of hydrogen-bond donors (Lipinski definition) is 2. The summed E-state index contributed by atoms with van der Waals surface area (Å²) >= 11 is 0. The smallest absolute Gasteiger partial charge is 0.254 e. The monoisotopic (exact) mass is 343 g/mol. The molecule has 0 saturated heterocycles. The fourth-order valence-electron chi connectivity index (χ4n) is 3.32. The topological polar surface area (TPSA) is 78.9 Å². The average molecular weight is 343 g/mol. The van der Waals surface area contributed by atoms with Crippen LogP contribution in [0.4, 0.5) is 14.5 Å². The molecule has 4 nitrogen and oxygen atoms in total. The highest BCUT2D eigenvalue weighted by atomic mass is 19.3. The molecule has 0 bridgehead atoms. The first-order valence-electron chi connectivity index (χ1n) is 8.26. The second kappa shape index (κ2) is 6.67. The molecule has 0 heterocycles. The third-order valence-corrected chi connectivity index (χ3v) is 4.82. The van der Waals surface area contributed by atoms with Crippen molar-refractivity contribution >= 4 is 22.4 Å². The zero-order valence-electron chi connectivity index (χ0n) is 13.6. The molecule has 2 aromatic carbocycles. The summed E-state index contributed by atoms with van der Waals surface area (Å²) < 4.78 is 26.6. The molecule has 1 amide bonds. The summed E-state index contributed by atoms with van der Waals surface area (Å²) in [5.74, 6) is -3.38. The number of benzene rings is 2. The van der Waals surface area contributed by atoms with Crippen molar-refractivity contribution in [3.05, 3.63) is 42.0 Å². The molecule has 0 radical (unpaired) electrons. The third-order valence-electron chi connectivity index (χ3n) is 4.82. The highest BCUT2D eigenvalue weighted by molar-refractivity contribution is 6.04. The molecule has 3 rings (SSSR count). The molecule has 1 fully saturated rings. The quantitative estimate of drug-likeness (QED) is 0.830. The Labute approximate surface area is 144 Å². The molecule has 25 heavy (non-hydrogen) atoms. The second-order valence-electron chi connectivity index (χ2n) is 6.56. The molecule has 1 saturated carbocycles. The van der Waals surface area contributed by atoms with Gasteiger partial charge in [-0.3, -0.25) is 4.79 Å². The highest BCUT2D eigenvalue weighted by Crippen LogP contribution is 2.37. The summed E-state index contributed by atoms with van der Waals surface area (Å²) in [6.07, 6.45) is -0.0505. The minimum atomic E-state index is -2.66. The Balaban J connectivity index is 1.77. The normalized spacial score (nSPS) is 18.4. The van der Waals surface area contributed by atoms with Crippen molar-refractivity contribution in [1.29, 1.82) is 5.26 Å². The maximum Gasteiger partial charge on any atom is 0.254 e. The summed E-state index contributed by atoms with van der Waals surface area (Å²) in [5, 5.41) is 13.8. The van der Waals surface area contributed by atoms with Crippen molar-refractivity contribution in [2.24, 2.45) is 5.92 Å². The number of anilines is 1. The van der Waals surface area contributed by atoms with Crippen LogP contribution in [0.25, 0.3) is 10.8 Å². The van der Waals surface area contributed by atoms with Gasteiger partial charge in [0.15, 0.2) is 0 Å². The van der Waals surface area contributed by atoms with Gasteiger partial charge in [-0.1, -0.05) is 24.3 Å². The van der Waals surface area contributed by atoms with Crippen LogP contribution in [0.2, 0.25) is 0 Å². The van der Waals surface area contributed by atoms with Crippen molar-refractivity contribution < 1.29 is 13.6 Å². The predicted octanol–water partition coefficient (Wildman–Crippen LogP) is 3.87. The number of fused-ring (bicyclic) bond motifs is 1. The number of nitrogens with zero attached hydrogens (tertiary/aromatic N) is 1. The number of carbonyl (C=O) groups is 1. The fourth-order valence-corrected chi connectivity index (χ4v) is 3.32. The number of halogens is 2. The lowest BCUT2D eigenvalue weighted by molar-refractivity contribution is -0.0473. The van der Waals surface area contributed by atoms with E-state index in [2.05, 4.69) is 5.32 Å². The van der Waals surface area contributed by atoms with E-state index in [0.29, 0.717) is 11.3 Å². The van der Waals surface area contributed by atoms with E-state index in [1.807, 2.05) is 30.3 Å². The Bertz CT molecular complexity index is 834. The molecular weight excluding hydrogens is 324 g/mol. The van der Waals surface area contributed by atoms with Crippen molar-refractivity contribution in [1.82, 2.24) is 5.32 Å². The standard InChI is InChI=1S/C19H19F2N3O/c20-19(21)7-5-12(6-8-19)17(11-22)24-18(25)15-9-13-3-1-2-4-14(13)10-16(15)23/h1-4,9-10,12,17H,5-8,23H2,(H,24,25)/t17-/m1/s1. The summed E-state index contributed by atoms with van der Waals surface area (Å²) in [4.78, 5) is 12.6. The number of nitriles is 1. The van der Waals surface area contributed by atoms with E-state index in [1.54, 1.807) is 12.1 Å². The second-order valence-corrected chi connectivity index (χ2v) is 6.56. The van der Waals surface area contributed by atoms with Crippen molar-refractivity contribution in [2.45, 2.75) is 37.6 Å². The first kappa shape index (κ1) is 17.2. The van der Waals surface area contributed by atoms with Gasteiger partial charge in [0.2, 0.25) is 5.92 Å². The lowest BCUT2D eigenvalue weighted by Gasteiger charge is -2.31. The van der Waals surface area contributed by atoms with Crippen LogP contribution in [0, 0.1) is 17.2 Å². The lowest BCUT2D eigenvalue weighted by Crippen LogP contribution is -2.42. The van der Waals surface area contributed by atoms with Gasteiger partial charge in [-0.2, -0.15) is 5.26 Å². The van der Waals surface area contributed by atoms with Crippen molar-refractivity contribution in [2.75, 3.05) is 5.73 Å². The number of rotatable bonds is 3. The molecule has 2 aromatic rings. The van der Waals surface area contributed by atoms with Gasteiger partial charge >= 0.3 is 0 Å². The van der Waals surface area contributed by atoms with Crippen LogP contribution >= 0.6 is 0 Å². The molecule has 0 aliphatic heterocycles. The van der Waals surface area contributed by atoms with Gasteiger partial charge in [0.05, 0.1) is 11.6 Å². The van der Waals surface area contributed by atoms with Gasteiger partial charge in [-0.05, 0) is 41.7 Å². The van der Waals surface area contributed by atoms with Gasteiger partial charge in [0.1, 0.15) is 6.04 Å². The third kappa shape index (κ3) is 3.71. The zero-order chi connectivity index (χ0) is 18.0. The Morgan fingerprint density at radius 2 is 1.84 bits per heavy atom. The maximum atomic E-state index is 13.3. The maximum absolute atomic E-state index is 13.3. The van der Waals surface area contributed by atoms with E-state index < -0.39 is 17.9 Å². The first-order valence-corrected chi connectivity index (χ1v) is 8.26. The molecule has 1 aliphatic rings. The van der Waals surface area contributed by atoms with Crippen LogP contribution in [-0.4, -0.2) is 17.9 Å². The number of nitrogens with one attached hydrogen (secondary N) is 1. The van der Waals surface area contributed by atoms with E-state index in [9.17, 15) is 18.8 Å². The summed E-state index contributed by atoms with van der Waals surface area (Å²) in [6.45, 7) is 0. The molecule has 0 aromatic heterocycles. The molecular formula is C19H19F2N3O. The van der Waals surface area contributed by atoms with Gasteiger partial charge in [-0.25, -0.2) is 8.78 Å². The first-order chi connectivity index (χ1) is 11.9. The number of carbonyl (C=O) groups excluding carboxylic acids is 1. The lowest BCUT2D eigenvalue weighted by atomic mass is 9.82. The number of alkyl halides is 2. The largest absolute Gasteiger partial charge is 0.398 e. The number of nitrogen functional groups attached to an aromatic ring is 1. The molecule has 6 heteroatoms. The Hall–Kier alpha value is -2.68. The minimum Gasteiger partial charge on any atom is -0.398 e. The zero-order valence-corrected chi connectivity index (χ0v) is 13.6. The Morgan fingerprint density at radius 1 is 1.24 bits per heavy atom. The van der Waals surface area contributed by atoms with Crippen LogP contribution in [-0.2, 0) is 0 Å². The molecule has 1 aliphatic carbocycles. The van der Waals surface area contributed by atoms with E-state index in [-0.39, 0.29) is 31.6 Å². The number of amides is 1. The van der Waals surface area contributed by atoms with E-state index in [4.69, 9.17) is 5.73 Å². The van der Waals surface area contributed by atoms with Gasteiger partial charge in [0.25, 0.3) is 5.91 Å². The number of hydrogen-bond acceptors (Lipinski definition) is 3. The molecule has 0 spiro atoms. The number of nitrogens with two attached hydrogens (primary N) is 1. The Morgan fingerprint density at radius 3 is 2.44 bits per heavy atom. The summed E-state index contributed by atoms with van der Waals surface area (Å²) in [6, 6.07) is 12.2. The van der Waals surface area contributed by atoms with Crippen LogP contribution < -0.4 is 11.1 Å². The van der Waals surface area contributed by atoms with Crippen molar-refractivity contribution in [3.8, 4) is 6.07 Å². The molecule has 3 N–H and O–H groups in total. The SMILES string of the molecule is N#C[C@@H](NC(=O)c1cc2ccccc2cc1N)C1CCC(F)(F)CC1. The molecule has 0 unspecified atom stereocenters. The van der Waals surface area contributed by atoms with Crippen LogP contribution in [0.5, 0.6) is 0 Å². The van der Waals surface area contributed by atoms with Crippen molar-refractivity contribution in [3.63, 3.8) is 0 Å². The van der Waals surface area contributed by atoms with Gasteiger partial charge in [-0.15, -0.1) is 0 Å². The predicted molar refractivity (Wildman–Crippen MR) is 92.1 cm³/mol. The minimum absolute atomic E-state index is 0.221. The fraction of sp³-hybridized carbons (Fsp3) is 0.368. The molecule has 1 atom stereocenters. The van der Waals surface area contributed by atoms with E-state index >= 15 is 0 Å². The summed E-state index contributed by atoms with van der Waals surface area (Å²) in [7, 11) is 0. The van der Waals surface area contributed by atoms with Crippen LogP contribution in [0.1, 0.15) is 36.0 Å². The van der Waals surface area contributed by atoms with E-state index in [0.717, 1.165) is 10.8 Å².